The van der Waals surface area contributed by atoms with Crippen LogP contribution in [0.15, 0.2) is 18.2 Å². The third-order valence-electron chi connectivity index (χ3n) is 6.47. The summed E-state index contributed by atoms with van der Waals surface area (Å²) >= 11 is 0. The van der Waals surface area contributed by atoms with Crippen LogP contribution in [0.2, 0.25) is 0 Å². The summed E-state index contributed by atoms with van der Waals surface area (Å²) in [5.74, 6) is -0.233. The number of carbonyl (C=O) groups excluding carboxylic acids is 1. The summed E-state index contributed by atoms with van der Waals surface area (Å²) in [7, 11) is 3.95. The fraction of sp³-hybridized carbons (Fsp3) is 0.542. The molecular weight excluding hydrogens is 450 g/mol. The normalized spacial score (nSPS) is 20.4. The van der Waals surface area contributed by atoms with E-state index in [2.05, 4.69) is 10.6 Å². The first-order valence-electron chi connectivity index (χ1n) is 11.6. The monoisotopic (exact) mass is 479 g/mol. The summed E-state index contributed by atoms with van der Waals surface area (Å²) in [4.78, 5) is 24.0. The van der Waals surface area contributed by atoms with Crippen LogP contribution < -0.4 is 15.5 Å². The SMILES string of the molecule is CN(C)c1nc(N[C@H]2CC[C@@H](NC(=O)c3cc(F)cc(C(F)(F)F)c3)CC2)nc2c1CCCC2. The summed E-state index contributed by atoms with van der Waals surface area (Å²) in [5, 5.41) is 6.18. The van der Waals surface area contributed by atoms with Gasteiger partial charge in [-0.3, -0.25) is 4.79 Å². The summed E-state index contributed by atoms with van der Waals surface area (Å²) in [6, 6.07) is 1.84. The molecule has 0 unspecified atom stereocenters. The number of nitrogens with one attached hydrogen (secondary N) is 2. The first-order valence-corrected chi connectivity index (χ1v) is 11.6. The smallest absolute Gasteiger partial charge is 0.362 e. The molecule has 6 nitrogen and oxygen atoms in total. The highest BCUT2D eigenvalue weighted by atomic mass is 19.4. The quantitative estimate of drug-likeness (QED) is 0.607. The Morgan fingerprint density at radius 2 is 1.68 bits per heavy atom. The fourth-order valence-corrected chi connectivity index (χ4v) is 4.73. The molecule has 184 valence electrons. The zero-order valence-electron chi connectivity index (χ0n) is 19.3. The van der Waals surface area contributed by atoms with E-state index in [0.29, 0.717) is 30.9 Å². The number of hydrogen-bond donors (Lipinski definition) is 2. The number of fused-ring (bicyclic) bond motifs is 1. The van der Waals surface area contributed by atoms with Crippen molar-refractivity contribution >= 4 is 17.7 Å². The van der Waals surface area contributed by atoms with Gasteiger partial charge in [0, 0.05) is 37.3 Å². The molecule has 34 heavy (non-hydrogen) atoms. The molecular formula is C24H29F4N5O. The molecule has 0 bridgehead atoms. The third kappa shape index (κ3) is 5.59. The molecule has 2 aliphatic rings. The Kier molecular flexibility index (Phi) is 6.95. The molecule has 0 atom stereocenters. The number of nitrogens with zero attached hydrogens (tertiary/aromatic N) is 3. The lowest BCUT2D eigenvalue weighted by molar-refractivity contribution is -0.137. The van der Waals surface area contributed by atoms with E-state index in [4.69, 9.17) is 9.97 Å². The number of rotatable bonds is 5. The van der Waals surface area contributed by atoms with Crippen LogP contribution in [0, 0.1) is 5.82 Å². The van der Waals surface area contributed by atoms with E-state index in [0.717, 1.165) is 56.1 Å². The Morgan fingerprint density at radius 1 is 1.00 bits per heavy atom. The molecule has 1 amide bonds. The maximum Gasteiger partial charge on any atom is 0.416 e. The zero-order valence-corrected chi connectivity index (χ0v) is 19.3. The third-order valence-corrected chi connectivity index (χ3v) is 6.47. The largest absolute Gasteiger partial charge is 0.416 e. The van der Waals surface area contributed by atoms with Crippen LogP contribution in [0.3, 0.4) is 0 Å². The number of aryl methyl sites for hydroxylation is 1. The predicted octanol–water partition coefficient (Wildman–Crippen LogP) is 4.73. The van der Waals surface area contributed by atoms with Crippen LogP contribution in [-0.2, 0) is 19.0 Å². The predicted molar refractivity (Wildman–Crippen MR) is 122 cm³/mol. The first kappa shape index (κ1) is 24.2. The Hall–Kier alpha value is -2.91. The number of aromatic nitrogens is 2. The lowest BCUT2D eigenvalue weighted by atomic mass is 9.91. The van der Waals surface area contributed by atoms with Crippen molar-refractivity contribution in [3.8, 4) is 0 Å². The van der Waals surface area contributed by atoms with E-state index < -0.39 is 23.5 Å². The minimum absolute atomic E-state index is 0.135. The maximum atomic E-state index is 13.6. The number of alkyl halides is 3. The molecule has 1 heterocycles. The van der Waals surface area contributed by atoms with Crippen molar-refractivity contribution in [3.63, 3.8) is 0 Å². The summed E-state index contributed by atoms with van der Waals surface area (Å²) < 4.78 is 52.4. The topological polar surface area (TPSA) is 70.2 Å². The van der Waals surface area contributed by atoms with Gasteiger partial charge in [-0.1, -0.05) is 0 Å². The molecule has 2 aromatic rings. The van der Waals surface area contributed by atoms with Gasteiger partial charge in [-0.2, -0.15) is 18.2 Å². The van der Waals surface area contributed by atoms with Gasteiger partial charge in [0.15, 0.2) is 0 Å². The van der Waals surface area contributed by atoms with Crippen LogP contribution in [0.25, 0.3) is 0 Å². The number of amides is 1. The van der Waals surface area contributed by atoms with Crippen molar-refractivity contribution in [1.82, 2.24) is 15.3 Å². The van der Waals surface area contributed by atoms with Gasteiger partial charge in [-0.15, -0.1) is 0 Å². The average molecular weight is 480 g/mol. The number of benzene rings is 1. The average Bonchev–Trinajstić information content (AvgIpc) is 2.78. The zero-order chi connectivity index (χ0) is 24.5. The molecule has 1 fully saturated rings. The Balaban J connectivity index is 1.36. The van der Waals surface area contributed by atoms with Crippen LogP contribution in [-0.4, -0.2) is 42.1 Å². The molecule has 1 aromatic carbocycles. The molecule has 4 rings (SSSR count). The van der Waals surface area contributed by atoms with Crippen LogP contribution >= 0.6 is 0 Å². The number of carbonyl (C=O) groups is 1. The Labute approximate surface area is 196 Å². The summed E-state index contributed by atoms with van der Waals surface area (Å²) in [6.07, 6.45) is 2.29. The van der Waals surface area contributed by atoms with E-state index in [1.54, 1.807) is 0 Å². The number of halogens is 4. The summed E-state index contributed by atoms with van der Waals surface area (Å²) in [5.41, 5.74) is 0.819. The van der Waals surface area contributed by atoms with E-state index in [1.165, 1.54) is 5.56 Å². The van der Waals surface area contributed by atoms with Crippen LogP contribution in [0.4, 0.5) is 29.3 Å². The molecule has 0 radical (unpaired) electrons. The van der Waals surface area contributed by atoms with Gasteiger partial charge in [0.25, 0.3) is 5.91 Å². The molecule has 2 N–H and O–H groups in total. The molecule has 0 aliphatic heterocycles. The first-order chi connectivity index (χ1) is 16.1. The van der Waals surface area contributed by atoms with Crippen molar-refractivity contribution in [1.29, 1.82) is 0 Å². The van der Waals surface area contributed by atoms with E-state index in [1.807, 2.05) is 19.0 Å². The minimum Gasteiger partial charge on any atom is -0.362 e. The Morgan fingerprint density at radius 3 is 2.35 bits per heavy atom. The minimum atomic E-state index is -4.72. The number of anilines is 2. The van der Waals surface area contributed by atoms with E-state index >= 15 is 0 Å². The van der Waals surface area contributed by atoms with Crippen molar-refractivity contribution in [2.75, 3.05) is 24.3 Å². The Bertz CT molecular complexity index is 1050. The highest BCUT2D eigenvalue weighted by Gasteiger charge is 2.32. The molecule has 0 saturated heterocycles. The van der Waals surface area contributed by atoms with E-state index in [9.17, 15) is 22.4 Å². The lowest BCUT2D eigenvalue weighted by Gasteiger charge is -2.30. The van der Waals surface area contributed by atoms with Gasteiger partial charge < -0.3 is 15.5 Å². The van der Waals surface area contributed by atoms with Crippen LogP contribution in [0.1, 0.15) is 65.7 Å². The maximum absolute atomic E-state index is 13.6. The fourth-order valence-electron chi connectivity index (χ4n) is 4.73. The second-order valence-corrected chi connectivity index (χ2v) is 9.29. The second-order valence-electron chi connectivity index (χ2n) is 9.29. The molecule has 10 heteroatoms. The van der Waals surface area contributed by atoms with Crippen LogP contribution in [0.5, 0.6) is 0 Å². The molecule has 1 saturated carbocycles. The van der Waals surface area contributed by atoms with Gasteiger partial charge >= 0.3 is 6.18 Å². The van der Waals surface area contributed by atoms with Gasteiger partial charge in [-0.05, 0) is 69.6 Å². The van der Waals surface area contributed by atoms with Gasteiger partial charge in [0.05, 0.1) is 11.3 Å². The van der Waals surface area contributed by atoms with E-state index in [-0.39, 0.29) is 17.6 Å². The van der Waals surface area contributed by atoms with Gasteiger partial charge in [0.2, 0.25) is 5.95 Å². The highest BCUT2D eigenvalue weighted by molar-refractivity contribution is 5.94. The summed E-state index contributed by atoms with van der Waals surface area (Å²) in [6.45, 7) is 0. The second kappa shape index (κ2) is 9.76. The van der Waals surface area contributed by atoms with Gasteiger partial charge in [-0.25, -0.2) is 9.37 Å². The van der Waals surface area contributed by atoms with Gasteiger partial charge in [0.1, 0.15) is 11.6 Å². The van der Waals surface area contributed by atoms with Crippen molar-refractivity contribution in [3.05, 3.63) is 46.4 Å². The molecule has 0 spiro atoms. The molecule has 2 aliphatic carbocycles. The number of hydrogen-bond acceptors (Lipinski definition) is 5. The standard InChI is InChI=1S/C24H29F4N5O/c1-33(2)21-19-5-3-4-6-20(19)31-23(32-21)30-18-9-7-17(8-10-18)29-22(34)14-11-15(24(26,27)28)13-16(25)12-14/h11-13,17-18H,3-10H2,1-2H3,(H,29,34)(H,30,31,32)/t17-,18+. The van der Waals surface area contributed by atoms with Crippen molar-refractivity contribution in [2.45, 2.75) is 69.6 Å². The molecule has 1 aromatic heterocycles. The van der Waals surface area contributed by atoms with Crippen molar-refractivity contribution in [2.24, 2.45) is 0 Å². The lowest BCUT2D eigenvalue weighted by Crippen LogP contribution is -2.40. The highest BCUT2D eigenvalue weighted by Crippen LogP contribution is 2.31. The van der Waals surface area contributed by atoms with Crippen molar-refractivity contribution < 1.29 is 22.4 Å².